The van der Waals surface area contributed by atoms with Crippen molar-refractivity contribution in [2.75, 3.05) is 43.9 Å². The van der Waals surface area contributed by atoms with E-state index >= 15 is 0 Å². The lowest BCUT2D eigenvalue weighted by Gasteiger charge is -2.36. The summed E-state index contributed by atoms with van der Waals surface area (Å²) in [7, 11) is 1.69. The van der Waals surface area contributed by atoms with Crippen molar-refractivity contribution < 1.29 is 9.53 Å². The van der Waals surface area contributed by atoms with Gasteiger partial charge in [-0.15, -0.1) is 10.2 Å². The van der Waals surface area contributed by atoms with Crippen LogP contribution in [-0.4, -0.2) is 64.6 Å². The highest BCUT2D eigenvalue weighted by Crippen LogP contribution is 2.29. The van der Waals surface area contributed by atoms with Crippen LogP contribution >= 0.6 is 11.8 Å². The van der Waals surface area contributed by atoms with Crippen LogP contribution in [-0.2, 0) is 11.2 Å². The van der Waals surface area contributed by atoms with Gasteiger partial charge in [0.15, 0.2) is 5.16 Å². The summed E-state index contributed by atoms with van der Waals surface area (Å²) >= 11 is 1.44. The first-order valence-corrected chi connectivity index (χ1v) is 13.0. The Morgan fingerprint density at radius 1 is 0.861 bits per heavy atom. The second-order valence-electron chi connectivity index (χ2n) is 8.56. The van der Waals surface area contributed by atoms with Crippen LogP contribution in [0, 0.1) is 0 Å². The Hall–Kier alpha value is -3.78. The zero-order chi connectivity index (χ0) is 24.7. The average Bonchev–Trinajstić information content (AvgIpc) is 3.35. The molecular formula is C28H29N5O2S. The average molecular weight is 500 g/mol. The molecule has 3 aromatic carbocycles. The highest BCUT2D eigenvalue weighted by Gasteiger charge is 2.24. The molecule has 5 rings (SSSR count). The number of ether oxygens (including phenoxy) is 1. The number of aromatic nitrogens is 3. The topological polar surface area (TPSA) is 63.5 Å². The van der Waals surface area contributed by atoms with Gasteiger partial charge in [-0.1, -0.05) is 72.4 Å². The number of rotatable bonds is 8. The van der Waals surface area contributed by atoms with Crippen molar-refractivity contribution in [3.05, 3.63) is 96.3 Å². The predicted molar refractivity (Wildman–Crippen MR) is 143 cm³/mol. The molecule has 7 nitrogen and oxygen atoms in total. The molecule has 0 bridgehead atoms. The highest BCUT2D eigenvalue weighted by atomic mass is 32.2. The van der Waals surface area contributed by atoms with Crippen molar-refractivity contribution in [1.29, 1.82) is 0 Å². The summed E-state index contributed by atoms with van der Waals surface area (Å²) < 4.78 is 7.57. The van der Waals surface area contributed by atoms with Crippen molar-refractivity contribution in [2.24, 2.45) is 0 Å². The van der Waals surface area contributed by atoms with Crippen molar-refractivity contribution >= 4 is 23.4 Å². The molecule has 1 amide bonds. The van der Waals surface area contributed by atoms with Gasteiger partial charge in [-0.2, -0.15) is 0 Å². The molecule has 1 aromatic heterocycles. The third-order valence-electron chi connectivity index (χ3n) is 6.30. The molecule has 0 aliphatic carbocycles. The molecule has 1 aliphatic heterocycles. The molecule has 0 spiro atoms. The molecule has 8 heteroatoms. The number of methoxy groups -OCH3 is 1. The Balaban J connectivity index is 1.25. The number of piperazine rings is 1. The van der Waals surface area contributed by atoms with E-state index in [1.165, 1.54) is 17.3 Å². The number of carbonyl (C=O) groups is 1. The number of hydrogen-bond donors (Lipinski definition) is 0. The molecule has 1 saturated heterocycles. The van der Waals surface area contributed by atoms with E-state index in [-0.39, 0.29) is 5.91 Å². The molecule has 0 radical (unpaired) electrons. The van der Waals surface area contributed by atoms with Crippen LogP contribution in [0.2, 0.25) is 0 Å². The van der Waals surface area contributed by atoms with E-state index in [0.29, 0.717) is 25.3 Å². The Morgan fingerprint density at radius 2 is 1.53 bits per heavy atom. The van der Waals surface area contributed by atoms with E-state index in [2.05, 4.69) is 37.9 Å². The Kier molecular flexibility index (Phi) is 7.52. The molecule has 36 heavy (non-hydrogen) atoms. The molecule has 1 aliphatic rings. The first kappa shape index (κ1) is 23.9. The minimum absolute atomic E-state index is 0.117. The maximum Gasteiger partial charge on any atom is 0.233 e. The molecule has 0 atom stereocenters. The summed E-state index contributed by atoms with van der Waals surface area (Å²) in [5.41, 5.74) is 3.24. The van der Waals surface area contributed by atoms with Gasteiger partial charge < -0.3 is 14.5 Å². The van der Waals surface area contributed by atoms with Gasteiger partial charge in [0.05, 0.1) is 18.6 Å². The Bertz CT molecular complexity index is 1290. The lowest BCUT2D eigenvalue weighted by atomic mass is 10.1. The van der Waals surface area contributed by atoms with Crippen LogP contribution in [0.25, 0.3) is 5.69 Å². The summed E-state index contributed by atoms with van der Waals surface area (Å²) in [6, 6.07) is 28.3. The number of carbonyl (C=O) groups excluding carboxylic acids is 1. The van der Waals surface area contributed by atoms with Crippen molar-refractivity contribution in [2.45, 2.75) is 11.6 Å². The van der Waals surface area contributed by atoms with E-state index < -0.39 is 0 Å². The van der Waals surface area contributed by atoms with Gasteiger partial charge in [-0.25, -0.2) is 0 Å². The zero-order valence-electron chi connectivity index (χ0n) is 20.3. The van der Waals surface area contributed by atoms with Gasteiger partial charge in [-0.05, 0) is 29.8 Å². The quantitative estimate of drug-likeness (QED) is 0.337. The van der Waals surface area contributed by atoms with Crippen molar-refractivity contribution in [3.63, 3.8) is 0 Å². The molecule has 4 aromatic rings. The number of hydrogen-bond acceptors (Lipinski definition) is 6. The van der Waals surface area contributed by atoms with E-state index in [4.69, 9.17) is 4.74 Å². The maximum atomic E-state index is 13.1. The minimum atomic E-state index is 0.117. The molecule has 0 N–H and O–H groups in total. The van der Waals surface area contributed by atoms with E-state index in [9.17, 15) is 4.79 Å². The van der Waals surface area contributed by atoms with Gasteiger partial charge in [0, 0.05) is 38.3 Å². The number of para-hydroxylation sites is 3. The minimum Gasteiger partial charge on any atom is -0.495 e. The molecule has 0 saturated carbocycles. The van der Waals surface area contributed by atoms with Crippen molar-refractivity contribution in [1.82, 2.24) is 19.7 Å². The van der Waals surface area contributed by atoms with E-state index in [1.807, 2.05) is 71.6 Å². The second-order valence-corrected chi connectivity index (χ2v) is 9.50. The van der Waals surface area contributed by atoms with Crippen LogP contribution in [0.15, 0.2) is 90.1 Å². The maximum absolute atomic E-state index is 13.1. The largest absolute Gasteiger partial charge is 0.495 e. The fourth-order valence-corrected chi connectivity index (χ4v) is 5.30. The predicted octanol–water partition coefficient (Wildman–Crippen LogP) is 4.31. The fourth-order valence-electron chi connectivity index (χ4n) is 4.43. The number of thioether (sulfide) groups is 1. The summed E-state index contributed by atoms with van der Waals surface area (Å²) in [6.07, 6.45) is 0.669. The smallest absolute Gasteiger partial charge is 0.233 e. The number of anilines is 1. The van der Waals surface area contributed by atoms with Crippen LogP contribution in [0.5, 0.6) is 5.75 Å². The van der Waals surface area contributed by atoms with Crippen LogP contribution in [0.1, 0.15) is 11.4 Å². The molecule has 0 unspecified atom stereocenters. The van der Waals surface area contributed by atoms with Gasteiger partial charge in [0.1, 0.15) is 11.6 Å². The normalized spacial score (nSPS) is 13.6. The summed E-state index contributed by atoms with van der Waals surface area (Å²) in [4.78, 5) is 17.3. The first-order valence-electron chi connectivity index (χ1n) is 12.0. The lowest BCUT2D eigenvalue weighted by Crippen LogP contribution is -2.49. The molecule has 1 fully saturated rings. The van der Waals surface area contributed by atoms with Gasteiger partial charge in [0.25, 0.3) is 0 Å². The van der Waals surface area contributed by atoms with E-state index in [0.717, 1.165) is 41.2 Å². The third-order valence-corrected chi connectivity index (χ3v) is 7.22. The van der Waals surface area contributed by atoms with Gasteiger partial charge in [0.2, 0.25) is 5.91 Å². The van der Waals surface area contributed by atoms with Crippen LogP contribution < -0.4 is 9.64 Å². The number of nitrogens with zero attached hydrogens (tertiary/aromatic N) is 5. The van der Waals surface area contributed by atoms with Gasteiger partial charge >= 0.3 is 0 Å². The number of benzene rings is 3. The van der Waals surface area contributed by atoms with Crippen LogP contribution in [0.4, 0.5) is 5.69 Å². The molecule has 2 heterocycles. The highest BCUT2D eigenvalue weighted by molar-refractivity contribution is 7.99. The van der Waals surface area contributed by atoms with Gasteiger partial charge in [-0.3, -0.25) is 9.36 Å². The van der Waals surface area contributed by atoms with E-state index in [1.54, 1.807) is 7.11 Å². The van der Waals surface area contributed by atoms with Crippen molar-refractivity contribution in [3.8, 4) is 11.4 Å². The summed E-state index contributed by atoms with van der Waals surface area (Å²) in [5.74, 6) is 2.16. The standard InChI is InChI=1S/C28H29N5O2S/c1-35-25-15-9-8-14-24(25)31-16-18-32(19-17-31)27(34)21-36-28-30-29-26(20-22-10-4-2-5-11-22)33(28)23-12-6-3-7-13-23/h2-15H,16-21H2,1H3. The first-order chi connectivity index (χ1) is 17.7. The molecule has 184 valence electrons. The third kappa shape index (κ3) is 5.39. The zero-order valence-corrected chi connectivity index (χ0v) is 21.1. The monoisotopic (exact) mass is 499 g/mol. The number of amides is 1. The lowest BCUT2D eigenvalue weighted by molar-refractivity contribution is -0.128. The SMILES string of the molecule is COc1ccccc1N1CCN(C(=O)CSc2nnc(Cc3ccccc3)n2-c2ccccc2)CC1. The summed E-state index contributed by atoms with van der Waals surface area (Å²) in [6.45, 7) is 2.92. The van der Waals surface area contributed by atoms with Crippen LogP contribution in [0.3, 0.4) is 0 Å². The Labute approximate surface area is 215 Å². The summed E-state index contributed by atoms with van der Waals surface area (Å²) in [5, 5.41) is 9.68. The Morgan fingerprint density at radius 3 is 2.25 bits per heavy atom. The second kappa shape index (κ2) is 11.3. The fraction of sp³-hybridized carbons (Fsp3) is 0.250. The molecular weight excluding hydrogens is 470 g/mol.